The second-order valence-corrected chi connectivity index (χ2v) is 8.32. The van der Waals surface area contributed by atoms with Gasteiger partial charge < -0.3 is 10.4 Å². The van der Waals surface area contributed by atoms with E-state index in [0.29, 0.717) is 24.2 Å². The molecule has 0 amide bonds. The summed E-state index contributed by atoms with van der Waals surface area (Å²) in [5, 5.41) is 18.3. The third-order valence-corrected chi connectivity index (χ3v) is 6.30. The number of halogens is 1. The maximum atomic E-state index is 14.0. The van der Waals surface area contributed by atoms with E-state index in [4.69, 9.17) is 0 Å². The van der Waals surface area contributed by atoms with E-state index in [1.54, 1.807) is 41.6 Å². The smallest absolute Gasteiger partial charge is 0.144 e. The summed E-state index contributed by atoms with van der Waals surface area (Å²) in [6.45, 7) is 2.51. The summed E-state index contributed by atoms with van der Waals surface area (Å²) in [6.07, 6.45) is 9.79. The molecule has 1 saturated carbocycles. The van der Waals surface area contributed by atoms with Gasteiger partial charge in [0.15, 0.2) is 0 Å². The fourth-order valence-electron chi connectivity index (χ4n) is 4.93. The minimum Gasteiger partial charge on any atom is -0.391 e. The molecule has 0 spiro atoms. The highest BCUT2D eigenvalue weighted by Crippen LogP contribution is 2.38. The Balaban J connectivity index is 1.28. The lowest BCUT2D eigenvalue weighted by Crippen LogP contribution is -2.43. The molecule has 2 fully saturated rings. The van der Waals surface area contributed by atoms with Crippen molar-refractivity contribution in [3.8, 4) is 5.69 Å². The summed E-state index contributed by atoms with van der Waals surface area (Å²) in [5.74, 6) is 1.39. The number of nitrogens with one attached hydrogen (secondary N) is 1. The van der Waals surface area contributed by atoms with Gasteiger partial charge in [-0.05, 0) is 54.5 Å². The van der Waals surface area contributed by atoms with Crippen molar-refractivity contribution in [3.05, 3.63) is 66.6 Å². The molecule has 2 aliphatic rings. The third kappa shape index (κ3) is 3.93. The Morgan fingerprint density at radius 1 is 1.13 bits per heavy atom. The molecule has 1 aliphatic heterocycles. The molecule has 7 nitrogen and oxygen atoms in total. The molecule has 8 heteroatoms. The first-order chi connectivity index (χ1) is 14.7. The van der Waals surface area contributed by atoms with Crippen molar-refractivity contribution < 1.29 is 9.50 Å². The highest BCUT2D eigenvalue weighted by molar-refractivity contribution is 5.40. The van der Waals surface area contributed by atoms with E-state index >= 15 is 0 Å². The second kappa shape index (κ2) is 8.12. The molecule has 5 rings (SSSR count). The number of aromatic nitrogens is 4. The Hall–Kier alpha value is -2.84. The Bertz CT molecular complexity index is 983. The number of rotatable bonds is 5. The van der Waals surface area contributed by atoms with Crippen LogP contribution in [0.3, 0.4) is 0 Å². The summed E-state index contributed by atoms with van der Waals surface area (Å²) in [5.41, 5.74) is 1.82. The fraction of sp³-hybridized carbons (Fsp3) is 0.409. The first-order valence-electron chi connectivity index (χ1n) is 10.4. The van der Waals surface area contributed by atoms with Gasteiger partial charge in [0.2, 0.25) is 0 Å². The highest BCUT2D eigenvalue weighted by atomic mass is 19.1. The van der Waals surface area contributed by atoms with Gasteiger partial charge in [-0.1, -0.05) is 0 Å². The van der Waals surface area contributed by atoms with Gasteiger partial charge in [0.1, 0.15) is 11.6 Å². The van der Waals surface area contributed by atoms with E-state index in [-0.39, 0.29) is 11.9 Å². The van der Waals surface area contributed by atoms with E-state index in [1.165, 1.54) is 6.07 Å². The number of anilines is 1. The SMILES string of the molecule is O[C@@H]1C[C@H]2CN(Cc3cc(F)ccc3-n3cccn3)C[C@H]2C[C@H]1Nc1cnccn1. The van der Waals surface area contributed by atoms with Crippen LogP contribution < -0.4 is 5.32 Å². The monoisotopic (exact) mass is 408 g/mol. The van der Waals surface area contributed by atoms with Crippen LogP contribution in [0, 0.1) is 17.7 Å². The van der Waals surface area contributed by atoms with Crippen LogP contribution in [-0.2, 0) is 6.54 Å². The van der Waals surface area contributed by atoms with Gasteiger partial charge in [0.05, 0.1) is 24.0 Å². The quantitative estimate of drug-likeness (QED) is 0.675. The molecule has 4 atom stereocenters. The predicted octanol–water partition coefficient (Wildman–Crippen LogP) is 2.48. The zero-order valence-corrected chi connectivity index (χ0v) is 16.6. The standard InChI is InChI=1S/C22H25FN6O/c23-18-2-3-20(29-7-1-4-26-29)17(8-18)14-28-12-15-9-19(21(30)10-16(15)13-28)27-22-11-24-5-6-25-22/h1-8,11,15-16,19,21,30H,9-10,12-14H2,(H,25,27)/t15-,16+,19-,21-/m1/s1. The lowest BCUT2D eigenvalue weighted by molar-refractivity contribution is 0.0735. The van der Waals surface area contributed by atoms with Crippen LogP contribution in [0.2, 0.25) is 0 Å². The average molecular weight is 408 g/mol. The molecule has 156 valence electrons. The molecular formula is C22H25FN6O. The van der Waals surface area contributed by atoms with Crippen LogP contribution in [0.1, 0.15) is 18.4 Å². The number of aliphatic hydroxyl groups is 1. The van der Waals surface area contributed by atoms with E-state index in [1.807, 2.05) is 12.3 Å². The first-order valence-corrected chi connectivity index (χ1v) is 10.4. The summed E-state index contributed by atoms with van der Waals surface area (Å²) in [4.78, 5) is 10.7. The van der Waals surface area contributed by atoms with Gasteiger partial charge in [0, 0.05) is 44.4 Å². The van der Waals surface area contributed by atoms with Crippen molar-refractivity contribution >= 4 is 5.82 Å². The molecule has 1 aliphatic carbocycles. The van der Waals surface area contributed by atoms with Gasteiger partial charge in [0.25, 0.3) is 0 Å². The lowest BCUT2D eigenvalue weighted by Gasteiger charge is -2.35. The number of aliphatic hydroxyl groups excluding tert-OH is 1. The van der Waals surface area contributed by atoms with Crippen LogP contribution in [-0.4, -0.2) is 55.0 Å². The van der Waals surface area contributed by atoms with E-state index < -0.39 is 6.10 Å². The molecule has 2 aromatic heterocycles. The van der Waals surface area contributed by atoms with E-state index in [2.05, 4.69) is 25.3 Å². The van der Waals surface area contributed by atoms with Gasteiger partial charge in [-0.3, -0.25) is 9.88 Å². The van der Waals surface area contributed by atoms with Crippen LogP contribution in [0.4, 0.5) is 10.2 Å². The molecular weight excluding hydrogens is 383 g/mol. The van der Waals surface area contributed by atoms with Gasteiger partial charge in [-0.15, -0.1) is 0 Å². The maximum Gasteiger partial charge on any atom is 0.144 e. The minimum atomic E-state index is -0.415. The summed E-state index contributed by atoms with van der Waals surface area (Å²) < 4.78 is 15.7. The van der Waals surface area contributed by atoms with Crippen LogP contribution in [0.5, 0.6) is 0 Å². The number of benzene rings is 1. The third-order valence-electron chi connectivity index (χ3n) is 6.30. The Kier molecular flexibility index (Phi) is 5.18. The summed E-state index contributed by atoms with van der Waals surface area (Å²) in [6, 6.07) is 6.70. The number of likely N-dealkylation sites (tertiary alicyclic amines) is 1. The highest BCUT2D eigenvalue weighted by Gasteiger charge is 2.41. The zero-order chi connectivity index (χ0) is 20.5. The molecule has 30 heavy (non-hydrogen) atoms. The van der Waals surface area contributed by atoms with E-state index in [0.717, 1.165) is 37.2 Å². The molecule has 1 aromatic carbocycles. The fourth-order valence-corrected chi connectivity index (χ4v) is 4.93. The lowest BCUT2D eigenvalue weighted by atomic mass is 9.77. The topological polar surface area (TPSA) is 79.1 Å². The maximum absolute atomic E-state index is 14.0. The first kappa shape index (κ1) is 19.1. The van der Waals surface area contributed by atoms with E-state index in [9.17, 15) is 9.50 Å². The van der Waals surface area contributed by atoms with Crippen molar-refractivity contribution in [2.45, 2.75) is 31.5 Å². The summed E-state index contributed by atoms with van der Waals surface area (Å²) in [7, 11) is 0. The van der Waals surface area contributed by atoms with Crippen molar-refractivity contribution in [2.75, 3.05) is 18.4 Å². The average Bonchev–Trinajstić information content (AvgIpc) is 3.39. The van der Waals surface area contributed by atoms with Crippen molar-refractivity contribution in [2.24, 2.45) is 11.8 Å². The van der Waals surface area contributed by atoms with Crippen molar-refractivity contribution in [1.82, 2.24) is 24.6 Å². The number of nitrogens with zero attached hydrogens (tertiary/aromatic N) is 5. The van der Waals surface area contributed by atoms with Gasteiger partial charge in [-0.25, -0.2) is 14.1 Å². The molecule has 2 N–H and O–H groups in total. The normalized spacial score (nSPS) is 26.5. The number of hydrogen-bond donors (Lipinski definition) is 2. The van der Waals surface area contributed by atoms with Gasteiger partial charge in [-0.2, -0.15) is 5.10 Å². The Labute approximate surface area is 174 Å². The molecule has 0 radical (unpaired) electrons. The molecule has 0 unspecified atom stereocenters. The van der Waals surface area contributed by atoms with Crippen LogP contribution >= 0.6 is 0 Å². The number of hydrogen-bond acceptors (Lipinski definition) is 6. The van der Waals surface area contributed by atoms with Crippen molar-refractivity contribution in [1.29, 1.82) is 0 Å². The molecule has 3 aromatic rings. The zero-order valence-electron chi connectivity index (χ0n) is 16.6. The molecule has 3 heterocycles. The minimum absolute atomic E-state index is 0.0308. The molecule has 1 saturated heterocycles. The largest absolute Gasteiger partial charge is 0.391 e. The number of fused-ring (bicyclic) bond motifs is 1. The Morgan fingerprint density at radius 2 is 2.00 bits per heavy atom. The Morgan fingerprint density at radius 3 is 2.77 bits per heavy atom. The summed E-state index contributed by atoms with van der Waals surface area (Å²) >= 11 is 0. The van der Waals surface area contributed by atoms with Gasteiger partial charge >= 0.3 is 0 Å². The predicted molar refractivity (Wildman–Crippen MR) is 110 cm³/mol. The molecule has 0 bridgehead atoms. The van der Waals surface area contributed by atoms with Crippen molar-refractivity contribution in [3.63, 3.8) is 0 Å². The van der Waals surface area contributed by atoms with Crippen LogP contribution in [0.25, 0.3) is 5.69 Å². The van der Waals surface area contributed by atoms with Crippen LogP contribution in [0.15, 0.2) is 55.2 Å². The second-order valence-electron chi connectivity index (χ2n) is 8.32.